The van der Waals surface area contributed by atoms with Gasteiger partial charge in [-0.2, -0.15) is 0 Å². The number of carboxylic acid groups (broad SMARTS) is 1. The van der Waals surface area contributed by atoms with Crippen molar-refractivity contribution >= 4 is 27.9 Å². The molecule has 1 fully saturated rings. The monoisotopic (exact) mass is 347 g/mol. The first-order valence-electron chi connectivity index (χ1n) is 6.16. The molecule has 1 aliphatic rings. The summed E-state index contributed by atoms with van der Waals surface area (Å²) < 4.78 is 14.7. The van der Waals surface area contributed by atoms with E-state index in [2.05, 4.69) is 26.2 Å². The number of aromatic nitrogens is 1. The Morgan fingerprint density at radius 2 is 2.30 bits per heavy atom. The van der Waals surface area contributed by atoms with E-state index in [0.717, 1.165) is 15.1 Å². The standard InChI is InChI=1S/C12H15BrFN3O3/c1-6-7(13)4-10(15-6)11(18)16-9-2-3-17(12(19)20)5-8(9)14/h4,8-9,15H,2-3,5H2,1H3,(H,16,18)(H,19,20)/t8-,9+/m0/s1. The van der Waals surface area contributed by atoms with Gasteiger partial charge in [-0.1, -0.05) is 0 Å². The van der Waals surface area contributed by atoms with Crippen LogP contribution in [0.1, 0.15) is 22.6 Å². The molecule has 0 unspecified atom stereocenters. The van der Waals surface area contributed by atoms with Gasteiger partial charge in [0.05, 0.1) is 12.6 Å². The number of hydrogen-bond acceptors (Lipinski definition) is 2. The van der Waals surface area contributed by atoms with E-state index in [1.807, 2.05) is 6.92 Å². The molecule has 2 amide bonds. The minimum Gasteiger partial charge on any atom is -0.465 e. The highest BCUT2D eigenvalue weighted by Gasteiger charge is 2.32. The first-order chi connectivity index (χ1) is 9.38. The summed E-state index contributed by atoms with van der Waals surface area (Å²) in [5, 5.41) is 11.4. The molecule has 0 saturated carbocycles. The fraction of sp³-hybridized carbons (Fsp3) is 0.500. The molecule has 0 aromatic carbocycles. The van der Waals surface area contributed by atoms with Crippen LogP contribution in [-0.2, 0) is 0 Å². The Morgan fingerprint density at radius 3 is 2.80 bits per heavy atom. The van der Waals surface area contributed by atoms with E-state index < -0.39 is 24.2 Å². The van der Waals surface area contributed by atoms with Crippen molar-refractivity contribution in [2.45, 2.75) is 25.6 Å². The SMILES string of the molecule is Cc1[nH]c(C(=O)N[C@@H]2CCN(C(=O)O)C[C@@H]2F)cc1Br. The number of aromatic amines is 1. The third-order valence-electron chi connectivity index (χ3n) is 3.32. The Balaban J connectivity index is 1.97. The smallest absolute Gasteiger partial charge is 0.407 e. The minimum absolute atomic E-state index is 0.215. The molecule has 0 spiro atoms. The van der Waals surface area contributed by atoms with Gasteiger partial charge in [0.2, 0.25) is 0 Å². The van der Waals surface area contributed by atoms with Crippen LogP contribution in [0.15, 0.2) is 10.5 Å². The largest absolute Gasteiger partial charge is 0.465 e. The van der Waals surface area contributed by atoms with Crippen LogP contribution >= 0.6 is 15.9 Å². The molecule has 1 aromatic rings. The topological polar surface area (TPSA) is 85.4 Å². The normalized spacial score (nSPS) is 22.6. The number of nitrogens with zero attached hydrogens (tertiary/aromatic N) is 1. The van der Waals surface area contributed by atoms with Gasteiger partial charge in [-0.15, -0.1) is 0 Å². The van der Waals surface area contributed by atoms with E-state index >= 15 is 0 Å². The van der Waals surface area contributed by atoms with E-state index in [0.29, 0.717) is 5.69 Å². The van der Waals surface area contributed by atoms with Crippen LogP contribution in [0, 0.1) is 6.92 Å². The van der Waals surface area contributed by atoms with Crippen molar-refractivity contribution in [3.8, 4) is 0 Å². The molecule has 8 heteroatoms. The van der Waals surface area contributed by atoms with E-state index in [-0.39, 0.29) is 19.5 Å². The van der Waals surface area contributed by atoms with Gasteiger partial charge in [0, 0.05) is 16.7 Å². The summed E-state index contributed by atoms with van der Waals surface area (Å²) in [4.78, 5) is 26.6. The van der Waals surface area contributed by atoms with Crippen LogP contribution < -0.4 is 5.32 Å². The van der Waals surface area contributed by atoms with Crippen LogP contribution in [0.4, 0.5) is 9.18 Å². The Bertz CT molecular complexity index is 515. The van der Waals surface area contributed by atoms with Gasteiger partial charge in [-0.25, -0.2) is 9.18 Å². The van der Waals surface area contributed by atoms with Gasteiger partial charge in [0.1, 0.15) is 11.9 Å². The average molecular weight is 348 g/mol. The van der Waals surface area contributed by atoms with Crippen LogP contribution in [0.25, 0.3) is 0 Å². The van der Waals surface area contributed by atoms with Gasteiger partial charge < -0.3 is 20.3 Å². The summed E-state index contributed by atoms with van der Waals surface area (Å²) in [6.45, 7) is 1.81. The van der Waals surface area contributed by atoms with E-state index in [1.54, 1.807) is 6.07 Å². The summed E-state index contributed by atoms with van der Waals surface area (Å²) in [5.41, 5.74) is 1.16. The number of carbonyl (C=O) groups is 2. The van der Waals surface area contributed by atoms with Crippen molar-refractivity contribution in [1.29, 1.82) is 0 Å². The Labute approximate surface area is 123 Å². The number of carbonyl (C=O) groups excluding carboxylic acids is 1. The van der Waals surface area contributed by atoms with Gasteiger partial charge in [-0.05, 0) is 35.3 Å². The number of rotatable bonds is 2. The van der Waals surface area contributed by atoms with Crippen LogP contribution in [0.3, 0.4) is 0 Å². The summed E-state index contributed by atoms with van der Waals surface area (Å²) in [6, 6.07) is 0.963. The minimum atomic E-state index is -1.40. The van der Waals surface area contributed by atoms with Crippen LogP contribution in [0.5, 0.6) is 0 Å². The highest BCUT2D eigenvalue weighted by Crippen LogP contribution is 2.18. The zero-order chi connectivity index (χ0) is 14.9. The van der Waals surface area contributed by atoms with Crippen LogP contribution in [-0.4, -0.2) is 52.3 Å². The number of nitrogens with one attached hydrogen (secondary N) is 2. The third kappa shape index (κ3) is 3.12. The summed E-state index contributed by atoms with van der Waals surface area (Å²) in [6.07, 6.45) is -2.27. The molecule has 0 radical (unpaired) electrons. The zero-order valence-electron chi connectivity index (χ0n) is 10.8. The van der Waals surface area contributed by atoms with Crippen molar-refractivity contribution < 1.29 is 19.1 Å². The zero-order valence-corrected chi connectivity index (χ0v) is 12.4. The van der Waals surface area contributed by atoms with E-state index in [1.165, 1.54) is 0 Å². The lowest BCUT2D eigenvalue weighted by atomic mass is 10.0. The molecule has 2 rings (SSSR count). The lowest BCUT2D eigenvalue weighted by molar-refractivity contribution is 0.0750. The highest BCUT2D eigenvalue weighted by atomic mass is 79.9. The number of halogens is 2. The van der Waals surface area contributed by atoms with E-state index in [4.69, 9.17) is 5.11 Å². The highest BCUT2D eigenvalue weighted by molar-refractivity contribution is 9.10. The van der Waals surface area contributed by atoms with Gasteiger partial charge in [0.15, 0.2) is 0 Å². The molecule has 20 heavy (non-hydrogen) atoms. The molecule has 6 nitrogen and oxygen atoms in total. The van der Waals surface area contributed by atoms with Gasteiger partial charge >= 0.3 is 6.09 Å². The Morgan fingerprint density at radius 1 is 1.60 bits per heavy atom. The molecule has 1 aromatic heterocycles. The first kappa shape index (κ1) is 14.8. The van der Waals surface area contributed by atoms with Crippen molar-refractivity contribution in [1.82, 2.24) is 15.2 Å². The molecule has 1 aliphatic heterocycles. The number of amides is 2. The predicted octanol–water partition coefficient (Wildman–Crippen LogP) is 1.91. The van der Waals surface area contributed by atoms with Crippen molar-refractivity contribution in [2.75, 3.05) is 13.1 Å². The second-order valence-corrected chi connectivity index (χ2v) is 5.62. The van der Waals surface area contributed by atoms with Gasteiger partial charge in [0.25, 0.3) is 5.91 Å². The lowest BCUT2D eigenvalue weighted by Crippen LogP contribution is -2.53. The second kappa shape index (κ2) is 5.82. The summed E-state index contributed by atoms with van der Waals surface area (Å²) in [7, 11) is 0. The molecule has 0 bridgehead atoms. The molecule has 3 N–H and O–H groups in total. The number of aryl methyl sites for hydroxylation is 1. The molecular formula is C12H15BrFN3O3. The average Bonchev–Trinajstić information content (AvgIpc) is 2.72. The molecule has 0 aliphatic carbocycles. The fourth-order valence-corrected chi connectivity index (χ4v) is 2.47. The Kier molecular flexibility index (Phi) is 4.32. The maximum Gasteiger partial charge on any atom is 0.407 e. The molecular weight excluding hydrogens is 333 g/mol. The van der Waals surface area contributed by atoms with Crippen molar-refractivity contribution in [2.24, 2.45) is 0 Å². The van der Waals surface area contributed by atoms with Crippen molar-refractivity contribution in [3.05, 3.63) is 21.9 Å². The molecule has 2 atom stereocenters. The second-order valence-electron chi connectivity index (χ2n) is 4.77. The number of likely N-dealkylation sites (tertiary alicyclic amines) is 1. The predicted molar refractivity (Wildman–Crippen MR) is 73.6 cm³/mol. The molecule has 110 valence electrons. The fourth-order valence-electron chi connectivity index (χ4n) is 2.14. The van der Waals surface area contributed by atoms with E-state index in [9.17, 15) is 14.0 Å². The quantitative estimate of drug-likeness (QED) is 0.763. The lowest BCUT2D eigenvalue weighted by Gasteiger charge is -2.33. The Hall–Kier alpha value is -1.57. The maximum absolute atomic E-state index is 13.9. The number of alkyl halides is 1. The number of hydrogen-bond donors (Lipinski definition) is 3. The van der Waals surface area contributed by atoms with Gasteiger partial charge in [-0.3, -0.25) is 4.79 Å². The number of H-pyrrole nitrogens is 1. The molecule has 1 saturated heterocycles. The third-order valence-corrected chi connectivity index (χ3v) is 4.15. The first-order valence-corrected chi connectivity index (χ1v) is 6.95. The number of piperidine rings is 1. The maximum atomic E-state index is 13.9. The molecule has 2 heterocycles. The van der Waals surface area contributed by atoms with Crippen LogP contribution in [0.2, 0.25) is 0 Å². The van der Waals surface area contributed by atoms with Crippen molar-refractivity contribution in [3.63, 3.8) is 0 Å². The summed E-state index contributed by atoms with van der Waals surface area (Å²) in [5.74, 6) is -0.393. The summed E-state index contributed by atoms with van der Waals surface area (Å²) >= 11 is 3.29.